The maximum absolute atomic E-state index is 5.87. The molecule has 82 valence electrons. The van der Waals surface area contributed by atoms with Crippen LogP contribution in [0.2, 0.25) is 0 Å². The van der Waals surface area contributed by atoms with E-state index < -0.39 is 0 Å². The lowest BCUT2D eigenvalue weighted by molar-refractivity contribution is 0.268. The van der Waals surface area contributed by atoms with Gasteiger partial charge in [-0.05, 0) is 64.5 Å². The van der Waals surface area contributed by atoms with Crippen LogP contribution >= 0.6 is 0 Å². The molecule has 0 aromatic heterocycles. The molecule has 1 aliphatic carbocycles. The fourth-order valence-electron chi connectivity index (χ4n) is 2.75. The predicted molar refractivity (Wildman–Crippen MR) is 60.2 cm³/mol. The summed E-state index contributed by atoms with van der Waals surface area (Å²) in [5, 5.41) is 0. The van der Waals surface area contributed by atoms with Gasteiger partial charge in [0.05, 0.1) is 0 Å². The summed E-state index contributed by atoms with van der Waals surface area (Å²) in [4.78, 5) is 2.71. The van der Waals surface area contributed by atoms with Crippen LogP contribution in [0, 0.1) is 5.92 Å². The minimum absolute atomic E-state index is 0.396. The van der Waals surface area contributed by atoms with Crippen molar-refractivity contribution < 1.29 is 0 Å². The predicted octanol–water partition coefficient (Wildman–Crippen LogP) is 1.99. The van der Waals surface area contributed by atoms with Gasteiger partial charge in [-0.3, -0.25) is 0 Å². The first-order chi connectivity index (χ1) is 6.75. The van der Waals surface area contributed by atoms with Crippen LogP contribution in [0.5, 0.6) is 0 Å². The van der Waals surface area contributed by atoms with E-state index in [-0.39, 0.29) is 0 Å². The second-order valence-corrected chi connectivity index (χ2v) is 5.28. The van der Waals surface area contributed by atoms with Crippen LogP contribution in [0.25, 0.3) is 0 Å². The molecule has 2 heteroatoms. The lowest BCUT2D eigenvalue weighted by atomic mass is 9.94. The number of hydrogen-bond acceptors (Lipinski definition) is 2. The Morgan fingerprint density at radius 2 is 2.00 bits per heavy atom. The maximum Gasteiger partial charge on any atom is 0.00964 e. The molecule has 0 bridgehead atoms. The van der Waals surface area contributed by atoms with Crippen LogP contribution in [0.1, 0.15) is 45.4 Å². The molecule has 2 fully saturated rings. The van der Waals surface area contributed by atoms with Crippen molar-refractivity contribution in [2.24, 2.45) is 11.7 Å². The first-order valence-electron chi connectivity index (χ1n) is 6.25. The molecular formula is C12H24N2. The maximum atomic E-state index is 5.87. The molecule has 0 aromatic rings. The van der Waals surface area contributed by atoms with Gasteiger partial charge in [0.1, 0.15) is 0 Å². The van der Waals surface area contributed by atoms with Gasteiger partial charge in [-0.2, -0.15) is 0 Å². The first kappa shape index (κ1) is 10.4. The molecule has 2 N–H and O–H groups in total. The summed E-state index contributed by atoms with van der Waals surface area (Å²) in [6.45, 7) is 4.83. The Morgan fingerprint density at radius 1 is 1.21 bits per heavy atom. The molecule has 2 unspecified atom stereocenters. The zero-order valence-corrected chi connectivity index (χ0v) is 9.41. The van der Waals surface area contributed by atoms with Gasteiger partial charge in [0.15, 0.2) is 0 Å². The molecule has 2 nitrogen and oxygen atoms in total. The highest BCUT2D eigenvalue weighted by Crippen LogP contribution is 2.31. The highest BCUT2D eigenvalue weighted by Gasteiger charge is 2.30. The molecule has 1 heterocycles. The fourth-order valence-corrected chi connectivity index (χ4v) is 2.75. The number of nitrogens with two attached hydrogens (primary N) is 1. The summed E-state index contributed by atoms with van der Waals surface area (Å²) < 4.78 is 0. The summed E-state index contributed by atoms with van der Waals surface area (Å²) in [6, 6.07) is 1.36. The highest BCUT2D eigenvalue weighted by atomic mass is 15.2. The molecule has 14 heavy (non-hydrogen) atoms. The number of rotatable bonds is 3. The van der Waals surface area contributed by atoms with Crippen molar-refractivity contribution in [3.8, 4) is 0 Å². The van der Waals surface area contributed by atoms with Gasteiger partial charge in [-0.1, -0.05) is 0 Å². The van der Waals surface area contributed by atoms with E-state index in [1.807, 2.05) is 0 Å². The SMILES string of the molecule is CC(N)CC1CCCN(C2CC2)CC1. The van der Waals surface area contributed by atoms with Gasteiger partial charge in [-0.25, -0.2) is 0 Å². The first-order valence-corrected chi connectivity index (χ1v) is 6.25. The van der Waals surface area contributed by atoms with Crippen molar-refractivity contribution in [2.75, 3.05) is 13.1 Å². The molecule has 1 saturated carbocycles. The van der Waals surface area contributed by atoms with E-state index in [1.165, 1.54) is 51.6 Å². The lowest BCUT2D eigenvalue weighted by Gasteiger charge is -2.19. The average molecular weight is 196 g/mol. The third-order valence-corrected chi connectivity index (χ3v) is 3.65. The Balaban J connectivity index is 1.75. The third kappa shape index (κ3) is 2.96. The second-order valence-electron chi connectivity index (χ2n) is 5.28. The quantitative estimate of drug-likeness (QED) is 0.748. The van der Waals surface area contributed by atoms with Crippen molar-refractivity contribution in [3.05, 3.63) is 0 Å². The smallest absolute Gasteiger partial charge is 0.00964 e. The summed E-state index contributed by atoms with van der Waals surface area (Å²) >= 11 is 0. The zero-order chi connectivity index (χ0) is 9.97. The van der Waals surface area contributed by atoms with Crippen LogP contribution in [-0.4, -0.2) is 30.1 Å². The van der Waals surface area contributed by atoms with Gasteiger partial charge >= 0.3 is 0 Å². The minimum atomic E-state index is 0.396. The van der Waals surface area contributed by atoms with Gasteiger partial charge < -0.3 is 10.6 Å². The molecular weight excluding hydrogens is 172 g/mol. The summed E-state index contributed by atoms with van der Waals surface area (Å²) in [6.07, 6.45) is 8.34. The van der Waals surface area contributed by atoms with Crippen molar-refractivity contribution in [2.45, 2.75) is 57.5 Å². The standard InChI is InChI=1S/C12H24N2/c1-10(13)9-11-3-2-7-14(8-6-11)12-4-5-12/h10-12H,2-9,13H2,1H3. The van der Waals surface area contributed by atoms with E-state index in [0.717, 1.165) is 12.0 Å². The molecule has 1 saturated heterocycles. The lowest BCUT2D eigenvalue weighted by Crippen LogP contribution is -2.27. The van der Waals surface area contributed by atoms with Crippen molar-refractivity contribution >= 4 is 0 Å². The van der Waals surface area contributed by atoms with Gasteiger partial charge in [0.2, 0.25) is 0 Å². The normalized spacial score (nSPS) is 32.6. The Kier molecular flexibility index (Phi) is 3.45. The molecule has 0 spiro atoms. The van der Waals surface area contributed by atoms with Crippen LogP contribution in [0.15, 0.2) is 0 Å². The fraction of sp³-hybridized carbons (Fsp3) is 1.00. The molecule has 1 aliphatic heterocycles. The topological polar surface area (TPSA) is 29.3 Å². The second kappa shape index (κ2) is 4.63. The van der Waals surface area contributed by atoms with E-state index in [9.17, 15) is 0 Å². The van der Waals surface area contributed by atoms with Gasteiger partial charge in [0.25, 0.3) is 0 Å². The van der Waals surface area contributed by atoms with Crippen molar-refractivity contribution in [3.63, 3.8) is 0 Å². The van der Waals surface area contributed by atoms with Crippen LogP contribution in [-0.2, 0) is 0 Å². The summed E-state index contributed by atoms with van der Waals surface area (Å²) in [5.41, 5.74) is 5.87. The van der Waals surface area contributed by atoms with Gasteiger partial charge in [0, 0.05) is 12.1 Å². The highest BCUT2D eigenvalue weighted by molar-refractivity contribution is 4.86. The van der Waals surface area contributed by atoms with Crippen LogP contribution in [0.3, 0.4) is 0 Å². The zero-order valence-electron chi connectivity index (χ0n) is 9.41. The molecule has 2 atom stereocenters. The molecule has 0 amide bonds. The van der Waals surface area contributed by atoms with E-state index in [2.05, 4.69) is 11.8 Å². The average Bonchev–Trinajstić information content (AvgIpc) is 2.86. The van der Waals surface area contributed by atoms with Crippen LogP contribution < -0.4 is 5.73 Å². The Labute approximate surface area is 87.8 Å². The monoisotopic (exact) mass is 196 g/mol. The largest absolute Gasteiger partial charge is 0.328 e. The Bertz CT molecular complexity index is 175. The van der Waals surface area contributed by atoms with Crippen molar-refractivity contribution in [1.29, 1.82) is 0 Å². The molecule has 0 aromatic carbocycles. The van der Waals surface area contributed by atoms with Crippen LogP contribution in [0.4, 0.5) is 0 Å². The van der Waals surface area contributed by atoms with E-state index in [1.54, 1.807) is 0 Å². The van der Waals surface area contributed by atoms with Crippen molar-refractivity contribution in [1.82, 2.24) is 4.90 Å². The Morgan fingerprint density at radius 3 is 2.64 bits per heavy atom. The van der Waals surface area contributed by atoms with E-state index in [0.29, 0.717) is 6.04 Å². The Hall–Kier alpha value is -0.0800. The molecule has 2 rings (SSSR count). The molecule has 0 radical (unpaired) electrons. The number of nitrogens with zero attached hydrogens (tertiary/aromatic N) is 1. The number of likely N-dealkylation sites (tertiary alicyclic amines) is 1. The summed E-state index contributed by atoms with van der Waals surface area (Å²) in [5.74, 6) is 0.902. The summed E-state index contributed by atoms with van der Waals surface area (Å²) in [7, 11) is 0. The third-order valence-electron chi connectivity index (χ3n) is 3.65. The molecule has 2 aliphatic rings. The number of hydrogen-bond donors (Lipinski definition) is 1. The van der Waals surface area contributed by atoms with E-state index in [4.69, 9.17) is 5.73 Å². The van der Waals surface area contributed by atoms with Gasteiger partial charge in [-0.15, -0.1) is 0 Å². The minimum Gasteiger partial charge on any atom is -0.328 e. The van der Waals surface area contributed by atoms with E-state index >= 15 is 0 Å².